The van der Waals surface area contributed by atoms with E-state index in [0.29, 0.717) is 23.8 Å². The summed E-state index contributed by atoms with van der Waals surface area (Å²) >= 11 is 0. The van der Waals surface area contributed by atoms with Crippen LogP contribution in [-0.2, 0) is 9.59 Å². The number of para-hydroxylation sites is 1. The Morgan fingerprint density at radius 1 is 0.818 bits per heavy atom. The Labute approximate surface area is 194 Å². The maximum atomic E-state index is 12.0. The number of allylic oxidation sites excluding steroid dienone is 2. The van der Waals surface area contributed by atoms with Gasteiger partial charge in [0.15, 0.2) is 0 Å². The second-order valence-corrected chi connectivity index (χ2v) is 8.72. The number of anilines is 1. The van der Waals surface area contributed by atoms with Crippen LogP contribution in [0.3, 0.4) is 0 Å². The van der Waals surface area contributed by atoms with Crippen LogP contribution in [0.1, 0.15) is 50.0 Å². The Hall–Kier alpha value is -3.60. The molecule has 3 aliphatic rings. The normalized spacial score (nSPS) is 22.7. The first kappa shape index (κ1) is 21.3. The highest BCUT2D eigenvalue weighted by Crippen LogP contribution is 2.40. The lowest BCUT2D eigenvalue weighted by atomic mass is 9.83. The molecule has 1 saturated carbocycles. The molecule has 2 aromatic rings. The van der Waals surface area contributed by atoms with E-state index in [1.54, 1.807) is 24.3 Å². The largest absolute Gasteiger partial charge is 0.448 e. The van der Waals surface area contributed by atoms with E-state index in [4.69, 9.17) is 9.47 Å². The molecule has 2 aliphatic carbocycles. The van der Waals surface area contributed by atoms with Gasteiger partial charge >= 0.3 is 0 Å². The van der Waals surface area contributed by atoms with E-state index >= 15 is 0 Å². The van der Waals surface area contributed by atoms with Gasteiger partial charge in [0, 0.05) is 18.6 Å². The van der Waals surface area contributed by atoms with Gasteiger partial charge in [0.1, 0.15) is 11.5 Å². The number of ether oxygens (including phenoxy) is 2. The zero-order valence-electron chi connectivity index (χ0n) is 18.5. The highest BCUT2D eigenvalue weighted by molar-refractivity contribution is 6.28. The van der Waals surface area contributed by atoms with Crippen LogP contribution >= 0.6 is 0 Å². The van der Waals surface area contributed by atoms with Crippen molar-refractivity contribution in [1.29, 1.82) is 0 Å². The van der Waals surface area contributed by atoms with Crippen LogP contribution in [0.5, 0.6) is 11.5 Å². The highest BCUT2D eigenvalue weighted by atomic mass is 16.7. The summed E-state index contributed by atoms with van der Waals surface area (Å²) in [6.07, 6.45) is 17.2. The van der Waals surface area contributed by atoms with Crippen molar-refractivity contribution in [2.45, 2.75) is 50.2 Å². The van der Waals surface area contributed by atoms with Gasteiger partial charge in [0.2, 0.25) is 0 Å². The first-order chi connectivity index (χ1) is 16.1. The Bertz CT molecular complexity index is 1110. The number of nitrogens with zero attached hydrogens (tertiary/aromatic N) is 1. The standard InChI is InChI=1S/C28H27NO4/c30-26-17-18-27(31)29(26)22-13-15-23(16-14-22)32-28(19-7-2-8-20-28)33-25-12-6-5-11-24(25)21-9-3-1-4-10-21/h2,5-8,11-19,21H,1,3-4,9-10,20H2. The zero-order valence-corrected chi connectivity index (χ0v) is 18.5. The molecule has 1 unspecified atom stereocenters. The van der Waals surface area contributed by atoms with Crippen LogP contribution < -0.4 is 14.4 Å². The van der Waals surface area contributed by atoms with E-state index in [1.165, 1.54) is 49.8 Å². The SMILES string of the molecule is O=C1C=CC(=O)N1c1ccc(OC2(Oc3ccccc3C3CCCCC3)C=CC=CC2)cc1. The number of hydrogen-bond acceptors (Lipinski definition) is 4. The highest BCUT2D eigenvalue weighted by Gasteiger charge is 2.34. The molecule has 33 heavy (non-hydrogen) atoms. The van der Waals surface area contributed by atoms with Crippen molar-refractivity contribution in [1.82, 2.24) is 0 Å². The van der Waals surface area contributed by atoms with E-state index < -0.39 is 5.79 Å². The molecule has 0 radical (unpaired) electrons. The minimum Gasteiger partial charge on any atom is -0.448 e. The summed E-state index contributed by atoms with van der Waals surface area (Å²) in [5.41, 5.74) is 1.76. The molecule has 0 saturated heterocycles. The summed E-state index contributed by atoms with van der Waals surface area (Å²) in [6.45, 7) is 0. The lowest BCUT2D eigenvalue weighted by molar-refractivity contribution is -0.120. The van der Waals surface area contributed by atoms with Crippen LogP contribution in [0.25, 0.3) is 0 Å². The Morgan fingerprint density at radius 3 is 2.24 bits per heavy atom. The van der Waals surface area contributed by atoms with Crippen molar-refractivity contribution in [3.05, 3.63) is 90.6 Å². The van der Waals surface area contributed by atoms with Crippen molar-refractivity contribution in [2.75, 3.05) is 4.90 Å². The topological polar surface area (TPSA) is 55.8 Å². The monoisotopic (exact) mass is 441 g/mol. The summed E-state index contributed by atoms with van der Waals surface area (Å²) in [4.78, 5) is 25.0. The summed E-state index contributed by atoms with van der Waals surface area (Å²) < 4.78 is 13.0. The predicted octanol–water partition coefficient (Wildman–Crippen LogP) is 5.83. The fraction of sp³-hybridized carbons (Fsp3) is 0.286. The molecule has 5 heteroatoms. The van der Waals surface area contributed by atoms with Gasteiger partial charge in [-0.2, -0.15) is 0 Å². The second-order valence-electron chi connectivity index (χ2n) is 8.72. The van der Waals surface area contributed by atoms with Gasteiger partial charge in [-0.3, -0.25) is 9.59 Å². The van der Waals surface area contributed by atoms with Gasteiger partial charge in [-0.15, -0.1) is 0 Å². The molecular formula is C28H27NO4. The average Bonchev–Trinajstić information content (AvgIpc) is 3.19. The molecule has 0 spiro atoms. The van der Waals surface area contributed by atoms with Gasteiger partial charge in [0.25, 0.3) is 17.6 Å². The fourth-order valence-corrected chi connectivity index (χ4v) is 4.78. The maximum absolute atomic E-state index is 12.0. The molecular weight excluding hydrogens is 414 g/mol. The smallest absolute Gasteiger partial charge is 0.274 e. The third-order valence-electron chi connectivity index (χ3n) is 6.44. The lowest BCUT2D eigenvalue weighted by Crippen LogP contribution is -2.41. The molecule has 1 heterocycles. The van der Waals surface area contributed by atoms with Gasteiger partial charge in [0.05, 0.1) is 5.69 Å². The van der Waals surface area contributed by atoms with Gasteiger partial charge in [-0.25, -0.2) is 4.90 Å². The zero-order chi connectivity index (χ0) is 22.7. The molecule has 1 atom stereocenters. The number of carbonyl (C=O) groups excluding carboxylic acids is 2. The third-order valence-corrected chi connectivity index (χ3v) is 6.44. The number of rotatable bonds is 6. The summed E-state index contributed by atoms with van der Waals surface area (Å²) in [6, 6.07) is 15.2. The van der Waals surface area contributed by atoms with E-state index in [-0.39, 0.29) is 11.8 Å². The summed E-state index contributed by atoms with van der Waals surface area (Å²) in [5.74, 6) is 0.322. The number of imide groups is 1. The number of carbonyl (C=O) groups is 2. The fourth-order valence-electron chi connectivity index (χ4n) is 4.78. The molecule has 168 valence electrons. The average molecular weight is 442 g/mol. The van der Waals surface area contributed by atoms with Crippen molar-refractivity contribution in [2.24, 2.45) is 0 Å². The first-order valence-electron chi connectivity index (χ1n) is 11.6. The Balaban J connectivity index is 1.38. The molecule has 5 rings (SSSR count). The van der Waals surface area contributed by atoms with Crippen LogP contribution in [0.2, 0.25) is 0 Å². The van der Waals surface area contributed by atoms with Gasteiger partial charge < -0.3 is 9.47 Å². The Morgan fingerprint density at radius 2 is 1.55 bits per heavy atom. The minimum atomic E-state index is -0.970. The number of amides is 2. The molecule has 2 amide bonds. The van der Waals surface area contributed by atoms with E-state index in [9.17, 15) is 9.59 Å². The van der Waals surface area contributed by atoms with Crippen LogP contribution in [0.15, 0.2) is 85.0 Å². The lowest BCUT2D eigenvalue weighted by Gasteiger charge is -2.34. The van der Waals surface area contributed by atoms with Crippen molar-refractivity contribution in [3.63, 3.8) is 0 Å². The van der Waals surface area contributed by atoms with Crippen LogP contribution in [-0.4, -0.2) is 17.6 Å². The van der Waals surface area contributed by atoms with E-state index in [1.807, 2.05) is 36.4 Å². The van der Waals surface area contributed by atoms with Gasteiger partial charge in [-0.1, -0.05) is 55.7 Å². The molecule has 1 fully saturated rings. The third kappa shape index (κ3) is 4.49. The van der Waals surface area contributed by atoms with Crippen molar-refractivity contribution < 1.29 is 19.1 Å². The Kier molecular flexibility index (Phi) is 5.86. The molecule has 5 nitrogen and oxygen atoms in total. The molecule has 0 N–H and O–H groups in total. The second kappa shape index (κ2) is 9.10. The predicted molar refractivity (Wildman–Crippen MR) is 127 cm³/mol. The quantitative estimate of drug-likeness (QED) is 0.418. The molecule has 0 bridgehead atoms. The minimum absolute atomic E-state index is 0.340. The van der Waals surface area contributed by atoms with E-state index in [0.717, 1.165) is 10.6 Å². The molecule has 2 aromatic carbocycles. The number of benzene rings is 2. The van der Waals surface area contributed by atoms with Gasteiger partial charge in [-0.05, 0) is 60.7 Å². The maximum Gasteiger partial charge on any atom is 0.274 e. The van der Waals surface area contributed by atoms with Crippen molar-refractivity contribution in [3.8, 4) is 11.5 Å². The molecule has 0 aromatic heterocycles. The summed E-state index contributed by atoms with van der Waals surface area (Å²) in [5, 5.41) is 0. The molecule has 1 aliphatic heterocycles. The van der Waals surface area contributed by atoms with Crippen molar-refractivity contribution >= 4 is 17.5 Å². The van der Waals surface area contributed by atoms with Crippen LogP contribution in [0.4, 0.5) is 5.69 Å². The van der Waals surface area contributed by atoms with Crippen LogP contribution in [0, 0.1) is 0 Å². The van der Waals surface area contributed by atoms with E-state index in [2.05, 4.69) is 12.1 Å². The first-order valence-corrected chi connectivity index (χ1v) is 11.6. The number of hydrogen-bond donors (Lipinski definition) is 0. The summed E-state index contributed by atoms with van der Waals surface area (Å²) in [7, 11) is 0.